The van der Waals surface area contributed by atoms with Gasteiger partial charge in [-0.25, -0.2) is 4.39 Å². The van der Waals surface area contributed by atoms with Gasteiger partial charge in [0.25, 0.3) is 0 Å². The Hall–Kier alpha value is -2.40. The molecule has 0 unspecified atom stereocenters. The zero-order chi connectivity index (χ0) is 21.2. The molecule has 2 aliphatic heterocycles. The average molecular weight is 422 g/mol. The molecule has 0 aromatic heterocycles. The molecule has 1 amide bonds. The van der Waals surface area contributed by atoms with Crippen molar-refractivity contribution in [3.63, 3.8) is 0 Å². The predicted octanol–water partition coefficient (Wildman–Crippen LogP) is 3.92. The number of hydrogen-bond acceptors (Lipinski definition) is 3. The number of likely N-dealkylation sites (tertiary alicyclic amines) is 1. The summed E-state index contributed by atoms with van der Waals surface area (Å²) in [5.74, 6) is 0.313. The highest BCUT2D eigenvalue weighted by Crippen LogP contribution is 2.34. The molecular formula is C26H32FN3O. The number of fused-ring (bicyclic) bond motifs is 1. The van der Waals surface area contributed by atoms with Crippen LogP contribution in [0.4, 0.5) is 10.1 Å². The molecule has 0 spiro atoms. The lowest BCUT2D eigenvalue weighted by Crippen LogP contribution is -2.45. The van der Waals surface area contributed by atoms with Crippen LogP contribution in [0.5, 0.6) is 0 Å². The summed E-state index contributed by atoms with van der Waals surface area (Å²) in [7, 11) is 0. The number of benzene rings is 2. The largest absolute Gasteiger partial charge is 0.368 e. The Kier molecular flexibility index (Phi) is 5.95. The second-order valence-electron chi connectivity index (χ2n) is 9.35. The Labute approximate surface area is 184 Å². The van der Waals surface area contributed by atoms with Crippen molar-refractivity contribution < 1.29 is 9.18 Å². The van der Waals surface area contributed by atoms with Crippen LogP contribution in [0.1, 0.15) is 42.4 Å². The Morgan fingerprint density at radius 1 is 0.968 bits per heavy atom. The number of carbonyl (C=O) groups is 1. The lowest BCUT2D eigenvalue weighted by molar-refractivity contribution is -0.122. The Morgan fingerprint density at radius 2 is 1.71 bits per heavy atom. The van der Waals surface area contributed by atoms with Crippen LogP contribution in [0.25, 0.3) is 0 Å². The van der Waals surface area contributed by atoms with E-state index < -0.39 is 0 Å². The summed E-state index contributed by atoms with van der Waals surface area (Å²) in [6, 6.07) is 14.2. The monoisotopic (exact) mass is 421 g/mol. The van der Waals surface area contributed by atoms with Gasteiger partial charge in [-0.3, -0.25) is 4.79 Å². The number of piperidine rings is 1. The van der Waals surface area contributed by atoms with Gasteiger partial charge in [-0.1, -0.05) is 24.3 Å². The van der Waals surface area contributed by atoms with E-state index in [0.29, 0.717) is 12.6 Å². The number of amides is 1. The molecule has 1 saturated heterocycles. The zero-order valence-electron chi connectivity index (χ0n) is 18.2. The fraction of sp³-hybridized carbons (Fsp3) is 0.500. The molecule has 0 atom stereocenters. The fourth-order valence-electron chi connectivity index (χ4n) is 5.01. The molecule has 5 rings (SSSR count). The third-order valence-electron chi connectivity index (χ3n) is 7.12. The van der Waals surface area contributed by atoms with E-state index >= 15 is 0 Å². The highest BCUT2D eigenvalue weighted by molar-refractivity contribution is 5.80. The van der Waals surface area contributed by atoms with Gasteiger partial charge in [0.2, 0.25) is 5.91 Å². The fourth-order valence-corrected chi connectivity index (χ4v) is 5.01. The summed E-state index contributed by atoms with van der Waals surface area (Å²) in [4.78, 5) is 17.1. The molecule has 1 N–H and O–H groups in total. The molecule has 0 radical (unpaired) electrons. The summed E-state index contributed by atoms with van der Waals surface area (Å²) in [5, 5.41) is 3.10. The molecule has 2 heterocycles. The normalized spacial score (nSPS) is 19.5. The summed E-state index contributed by atoms with van der Waals surface area (Å²) in [6.45, 7) is 5.02. The molecule has 5 heteroatoms. The molecule has 2 aromatic carbocycles. The smallest absolute Gasteiger partial charge is 0.223 e. The van der Waals surface area contributed by atoms with Crippen LogP contribution >= 0.6 is 0 Å². The highest BCUT2D eigenvalue weighted by Gasteiger charge is 2.30. The van der Waals surface area contributed by atoms with Gasteiger partial charge >= 0.3 is 0 Å². The third-order valence-corrected chi connectivity index (χ3v) is 7.12. The molecule has 164 valence electrons. The molecule has 2 fully saturated rings. The van der Waals surface area contributed by atoms with E-state index in [9.17, 15) is 9.18 Å². The van der Waals surface area contributed by atoms with Crippen molar-refractivity contribution in [2.24, 2.45) is 5.92 Å². The van der Waals surface area contributed by atoms with Crippen molar-refractivity contribution in [1.82, 2.24) is 10.2 Å². The summed E-state index contributed by atoms with van der Waals surface area (Å²) < 4.78 is 13.1. The minimum atomic E-state index is -0.163. The van der Waals surface area contributed by atoms with Gasteiger partial charge in [-0.15, -0.1) is 0 Å². The average Bonchev–Trinajstić information content (AvgIpc) is 3.57. The van der Waals surface area contributed by atoms with Gasteiger partial charge < -0.3 is 15.1 Å². The maximum absolute atomic E-state index is 13.1. The van der Waals surface area contributed by atoms with Crippen LogP contribution in [-0.2, 0) is 24.2 Å². The molecule has 4 nitrogen and oxygen atoms in total. The van der Waals surface area contributed by atoms with E-state index in [1.807, 2.05) is 12.1 Å². The number of carbonyl (C=O) groups excluding carboxylic acids is 1. The molecule has 1 saturated carbocycles. The van der Waals surface area contributed by atoms with Gasteiger partial charge in [0.15, 0.2) is 0 Å². The van der Waals surface area contributed by atoms with Gasteiger partial charge in [-0.2, -0.15) is 0 Å². The molecule has 0 bridgehead atoms. The van der Waals surface area contributed by atoms with Crippen molar-refractivity contribution in [3.05, 3.63) is 65.0 Å². The quantitative estimate of drug-likeness (QED) is 0.736. The topological polar surface area (TPSA) is 35.6 Å². The Balaban J connectivity index is 1.14. The highest BCUT2D eigenvalue weighted by atomic mass is 19.1. The summed E-state index contributed by atoms with van der Waals surface area (Å²) in [6.07, 6.45) is 6.57. The van der Waals surface area contributed by atoms with Crippen LogP contribution in [0.15, 0.2) is 42.5 Å². The SMILES string of the molecule is O=C(NCc1ccc2c(c1)N(C1CCN(CCc3ccc(F)cc3)CC1)CC2)C1CC1. The first-order valence-corrected chi connectivity index (χ1v) is 11.8. The van der Waals surface area contributed by atoms with E-state index in [1.165, 1.54) is 35.2 Å². The molecule has 2 aromatic rings. The van der Waals surface area contributed by atoms with E-state index in [-0.39, 0.29) is 17.6 Å². The summed E-state index contributed by atoms with van der Waals surface area (Å²) in [5.41, 5.74) is 5.23. The second kappa shape index (κ2) is 8.99. The van der Waals surface area contributed by atoms with Gasteiger partial charge in [-0.05, 0) is 73.4 Å². The number of nitrogens with one attached hydrogen (secondary N) is 1. The lowest BCUT2D eigenvalue weighted by Gasteiger charge is -2.38. The second-order valence-corrected chi connectivity index (χ2v) is 9.35. The minimum absolute atomic E-state index is 0.163. The van der Waals surface area contributed by atoms with Gasteiger partial charge in [0.1, 0.15) is 5.82 Å². The number of rotatable bonds is 7. The van der Waals surface area contributed by atoms with Crippen molar-refractivity contribution in [2.75, 3.05) is 31.1 Å². The van der Waals surface area contributed by atoms with Crippen molar-refractivity contribution in [3.8, 4) is 0 Å². The molecule has 1 aliphatic carbocycles. The Morgan fingerprint density at radius 3 is 2.45 bits per heavy atom. The van der Waals surface area contributed by atoms with Crippen molar-refractivity contribution in [2.45, 2.75) is 51.1 Å². The van der Waals surface area contributed by atoms with Crippen molar-refractivity contribution in [1.29, 1.82) is 0 Å². The first-order valence-electron chi connectivity index (χ1n) is 11.8. The van der Waals surface area contributed by atoms with Crippen LogP contribution in [-0.4, -0.2) is 43.0 Å². The van der Waals surface area contributed by atoms with Crippen LogP contribution < -0.4 is 10.2 Å². The summed E-state index contributed by atoms with van der Waals surface area (Å²) >= 11 is 0. The number of hydrogen-bond donors (Lipinski definition) is 1. The Bertz CT molecular complexity index is 917. The zero-order valence-corrected chi connectivity index (χ0v) is 18.2. The van der Waals surface area contributed by atoms with E-state index in [0.717, 1.165) is 51.9 Å². The first-order chi connectivity index (χ1) is 15.2. The van der Waals surface area contributed by atoms with Crippen LogP contribution in [0.2, 0.25) is 0 Å². The number of nitrogens with zero attached hydrogens (tertiary/aromatic N) is 2. The van der Waals surface area contributed by atoms with E-state index in [4.69, 9.17) is 0 Å². The number of halogens is 1. The maximum atomic E-state index is 13.1. The lowest BCUT2D eigenvalue weighted by atomic mass is 10.0. The van der Waals surface area contributed by atoms with Gasteiger partial charge in [0, 0.05) is 50.4 Å². The van der Waals surface area contributed by atoms with Crippen molar-refractivity contribution >= 4 is 11.6 Å². The van der Waals surface area contributed by atoms with Crippen LogP contribution in [0.3, 0.4) is 0 Å². The molecule has 3 aliphatic rings. The standard InChI is InChI=1S/C26H32FN3O/c27-23-7-2-19(3-8-23)9-13-29-14-11-24(12-15-29)30-16-10-21-4-1-20(17-25(21)30)18-28-26(31)22-5-6-22/h1-4,7-8,17,22,24H,5-6,9-16,18H2,(H,28,31). The third kappa shape index (κ3) is 4.93. The first kappa shape index (κ1) is 20.5. The molecule has 31 heavy (non-hydrogen) atoms. The van der Waals surface area contributed by atoms with E-state index in [2.05, 4.69) is 33.3 Å². The minimum Gasteiger partial charge on any atom is -0.368 e. The predicted molar refractivity (Wildman–Crippen MR) is 122 cm³/mol. The number of anilines is 1. The van der Waals surface area contributed by atoms with E-state index in [1.54, 1.807) is 12.1 Å². The van der Waals surface area contributed by atoms with Gasteiger partial charge in [0.05, 0.1) is 0 Å². The molecular weight excluding hydrogens is 389 g/mol. The van der Waals surface area contributed by atoms with Crippen LogP contribution in [0, 0.1) is 11.7 Å². The maximum Gasteiger partial charge on any atom is 0.223 e.